The lowest BCUT2D eigenvalue weighted by molar-refractivity contribution is -0.146. The second-order valence-corrected chi connectivity index (χ2v) is 6.33. The molecule has 1 amide bonds. The van der Waals surface area contributed by atoms with Crippen molar-refractivity contribution in [1.82, 2.24) is 0 Å². The zero-order chi connectivity index (χ0) is 20.5. The molecule has 0 heterocycles. The van der Waals surface area contributed by atoms with Crippen molar-refractivity contribution in [1.29, 1.82) is 0 Å². The van der Waals surface area contributed by atoms with Gasteiger partial charge in [-0.05, 0) is 56.5 Å². The highest BCUT2D eigenvalue weighted by Gasteiger charge is 2.11. The second kappa shape index (κ2) is 10.3. The van der Waals surface area contributed by atoms with Crippen LogP contribution in [0.15, 0.2) is 36.4 Å². The molecular weight excluding hydrogens is 358 g/mol. The number of esters is 1. The van der Waals surface area contributed by atoms with Crippen molar-refractivity contribution in [3.8, 4) is 11.5 Å². The van der Waals surface area contributed by atoms with Crippen molar-refractivity contribution in [2.24, 2.45) is 0 Å². The summed E-state index contributed by atoms with van der Waals surface area (Å²) in [7, 11) is 0. The van der Waals surface area contributed by atoms with Gasteiger partial charge in [-0.3, -0.25) is 9.59 Å². The van der Waals surface area contributed by atoms with Crippen LogP contribution in [0, 0.1) is 13.8 Å². The van der Waals surface area contributed by atoms with E-state index in [0.29, 0.717) is 30.4 Å². The van der Waals surface area contributed by atoms with Crippen LogP contribution < -0.4 is 14.8 Å². The quantitative estimate of drug-likeness (QED) is 0.664. The van der Waals surface area contributed by atoms with E-state index in [0.717, 1.165) is 11.1 Å². The Balaban J connectivity index is 1.88. The fraction of sp³-hybridized carbons (Fsp3) is 0.364. The number of amides is 1. The average Bonchev–Trinajstić information content (AvgIpc) is 2.65. The van der Waals surface area contributed by atoms with Gasteiger partial charge < -0.3 is 19.5 Å². The van der Waals surface area contributed by atoms with Gasteiger partial charge in [0.1, 0.15) is 0 Å². The molecular formula is C22H27NO5. The van der Waals surface area contributed by atoms with Gasteiger partial charge in [0.05, 0.1) is 19.6 Å². The summed E-state index contributed by atoms with van der Waals surface area (Å²) in [5, 5.41) is 2.69. The molecule has 0 radical (unpaired) electrons. The molecule has 0 atom stereocenters. The zero-order valence-corrected chi connectivity index (χ0v) is 16.8. The Labute approximate surface area is 165 Å². The predicted molar refractivity (Wildman–Crippen MR) is 108 cm³/mol. The Morgan fingerprint density at radius 1 is 0.893 bits per heavy atom. The zero-order valence-electron chi connectivity index (χ0n) is 16.8. The number of benzene rings is 2. The predicted octanol–water partition coefficient (Wildman–Crippen LogP) is 3.83. The summed E-state index contributed by atoms with van der Waals surface area (Å²) in [5.41, 5.74) is 3.69. The highest BCUT2D eigenvalue weighted by atomic mass is 16.5. The molecule has 6 nitrogen and oxygen atoms in total. The van der Waals surface area contributed by atoms with E-state index in [1.165, 1.54) is 5.56 Å². The number of anilines is 1. The molecule has 0 aliphatic carbocycles. The highest BCUT2D eigenvalue weighted by molar-refractivity contribution is 5.93. The molecule has 0 saturated carbocycles. The van der Waals surface area contributed by atoms with E-state index < -0.39 is 11.9 Å². The summed E-state index contributed by atoms with van der Waals surface area (Å²) in [5.74, 6) is 0.302. The molecule has 0 unspecified atom stereocenters. The van der Waals surface area contributed by atoms with Crippen LogP contribution in [0.1, 0.15) is 30.5 Å². The van der Waals surface area contributed by atoms with Crippen LogP contribution in [0.4, 0.5) is 5.69 Å². The number of hydrogen-bond acceptors (Lipinski definition) is 5. The minimum Gasteiger partial charge on any atom is -0.490 e. The summed E-state index contributed by atoms with van der Waals surface area (Å²) in [6.45, 7) is 8.41. The fourth-order valence-electron chi connectivity index (χ4n) is 2.60. The number of ether oxygens (including phenoxy) is 3. The van der Waals surface area contributed by atoms with Gasteiger partial charge in [-0.25, -0.2) is 0 Å². The van der Waals surface area contributed by atoms with Gasteiger partial charge >= 0.3 is 5.97 Å². The molecule has 0 aliphatic heterocycles. The maximum atomic E-state index is 12.1. The van der Waals surface area contributed by atoms with Crippen LogP contribution >= 0.6 is 0 Å². The number of rotatable bonds is 9. The van der Waals surface area contributed by atoms with E-state index in [9.17, 15) is 9.59 Å². The molecule has 1 N–H and O–H groups in total. The first-order valence-corrected chi connectivity index (χ1v) is 9.34. The Bertz CT molecular complexity index is 832. The molecule has 28 heavy (non-hydrogen) atoms. The lowest BCUT2D eigenvalue weighted by atomic mass is 10.0. The van der Waals surface area contributed by atoms with E-state index in [-0.39, 0.29) is 13.0 Å². The topological polar surface area (TPSA) is 73.9 Å². The first-order chi connectivity index (χ1) is 13.4. The first kappa shape index (κ1) is 21.3. The van der Waals surface area contributed by atoms with Crippen molar-refractivity contribution in [3.63, 3.8) is 0 Å². The van der Waals surface area contributed by atoms with Gasteiger partial charge in [-0.2, -0.15) is 0 Å². The molecule has 0 saturated heterocycles. The van der Waals surface area contributed by atoms with Crippen molar-refractivity contribution in [2.75, 3.05) is 25.1 Å². The van der Waals surface area contributed by atoms with Crippen LogP contribution in [-0.4, -0.2) is 31.7 Å². The molecule has 2 aromatic rings. The smallest absolute Gasteiger partial charge is 0.310 e. The standard InChI is InChI=1S/C22H27NO5/c1-5-26-19-10-9-18(13-20(19)27-6-2)23-21(24)14-28-22(25)12-17-8-7-15(3)16(4)11-17/h7-11,13H,5-6,12,14H2,1-4H3,(H,23,24). The maximum absolute atomic E-state index is 12.1. The van der Waals surface area contributed by atoms with E-state index >= 15 is 0 Å². The number of carbonyl (C=O) groups is 2. The fourth-order valence-corrected chi connectivity index (χ4v) is 2.60. The maximum Gasteiger partial charge on any atom is 0.310 e. The van der Waals surface area contributed by atoms with Crippen molar-refractivity contribution in [3.05, 3.63) is 53.1 Å². The van der Waals surface area contributed by atoms with Crippen LogP contribution in [0.2, 0.25) is 0 Å². The number of hydrogen-bond donors (Lipinski definition) is 1. The van der Waals surface area contributed by atoms with Crippen molar-refractivity contribution < 1.29 is 23.8 Å². The number of nitrogens with one attached hydrogen (secondary N) is 1. The summed E-state index contributed by atoms with van der Waals surface area (Å²) < 4.78 is 16.1. The van der Waals surface area contributed by atoms with Crippen LogP contribution in [-0.2, 0) is 20.7 Å². The third-order valence-corrected chi connectivity index (χ3v) is 4.11. The van der Waals surface area contributed by atoms with Gasteiger partial charge in [0.2, 0.25) is 0 Å². The molecule has 2 aromatic carbocycles. The largest absolute Gasteiger partial charge is 0.490 e. The molecule has 0 bridgehead atoms. The Morgan fingerprint density at radius 2 is 1.61 bits per heavy atom. The van der Waals surface area contributed by atoms with Crippen LogP contribution in [0.25, 0.3) is 0 Å². The van der Waals surface area contributed by atoms with Crippen LogP contribution in [0.3, 0.4) is 0 Å². The highest BCUT2D eigenvalue weighted by Crippen LogP contribution is 2.30. The average molecular weight is 385 g/mol. The molecule has 0 spiro atoms. The molecule has 6 heteroatoms. The number of carbonyl (C=O) groups excluding carboxylic acids is 2. The minimum absolute atomic E-state index is 0.131. The Kier molecular flexibility index (Phi) is 7.87. The lowest BCUT2D eigenvalue weighted by Gasteiger charge is -2.13. The second-order valence-electron chi connectivity index (χ2n) is 6.33. The Hall–Kier alpha value is -3.02. The van der Waals surface area contributed by atoms with E-state index in [2.05, 4.69) is 5.32 Å². The third-order valence-electron chi connectivity index (χ3n) is 4.11. The summed E-state index contributed by atoms with van der Waals surface area (Å²) in [6, 6.07) is 10.9. The monoisotopic (exact) mass is 385 g/mol. The molecule has 0 fully saturated rings. The summed E-state index contributed by atoms with van der Waals surface area (Å²) in [6.07, 6.45) is 0.131. The minimum atomic E-state index is -0.444. The van der Waals surface area contributed by atoms with E-state index in [4.69, 9.17) is 14.2 Å². The summed E-state index contributed by atoms with van der Waals surface area (Å²) in [4.78, 5) is 24.1. The Morgan fingerprint density at radius 3 is 2.29 bits per heavy atom. The normalized spacial score (nSPS) is 10.3. The van der Waals surface area contributed by atoms with Gasteiger partial charge in [-0.15, -0.1) is 0 Å². The molecule has 150 valence electrons. The lowest BCUT2D eigenvalue weighted by Crippen LogP contribution is -2.21. The van der Waals surface area contributed by atoms with Gasteiger partial charge in [0.25, 0.3) is 5.91 Å². The third kappa shape index (κ3) is 6.30. The van der Waals surface area contributed by atoms with Crippen LogP contribution in [0.5, 0.6) is 11.5 Å². The number of aryl methyl sites for hydroxylation is 2. The molecule has 0 aromatic heterocycles. The van der Waals surface area contributed by atoms with Crippen molar-refractivity contribution in [2.45, 2.75) is 34.1 Å². The van der Waals surface area contributed by atoms with Gasteiger partial charge in [0.15, 0.2) is 18.1 Å². The first-order valence-electron chi connectivity index (χ1n) is 9.34. The molecule has 0 aliphatic rings. The summed E-state index contributed by atoms with van der Waals surface area (Å²) >= 11 is 0. The SMILES string of the molecule is CCOc1ccc(NC(=O)COC(=O)Cc2ccc(C)c(C)c2)cc1OCC. The van der Waals surface area contributed by atoms with E-state index in [1.54, 1.807) is 18.2 Å². The van der Waals surface area contributed by atoms with Crippen molar-refractivity contribution >= 4 is 17.6 Å². The van der Waals surface area contributed by atoms with Gasteiger partial charge in [-0.1, -0.05) is 18.2 Å². The molecule has 2 rings (SSSR count). The van der Waals surface area contributed by atoms with Gasteiger partial charge in [0, 0.05) is 11.8 Å². The van der Waals surface area contributed by atoms with E-state index in [1.807, 2.05) is 45.9 Å².